The Morgan fingerprint density at radius 2 is 1.16 bits per heavy atom. The molecule has 0 N–H and O–H groups in total. The molecule has 0 atom stereocenters. The molecule has 5 nitrogen and oxygen atoms in total. The molecule has 1 aliphatic carbocycles. The second-order valence-corrected chi connectivity index (χ2v) is 7.98. The molecule has 0 bridgehead atoms. The molecular weight excluding hydrogens is 404 g/mol. The molecule has 0 unspecified atom stereocenters. The number of carbonyl (C=O) groups is 3. The Kier molecular flexibility index (Phi) is 7.77. The van der Waals surface area contributed by atoms with Crippen LogP contribution in [0.3, 0.4) is 0 Å². The number of ether oxygens (including phenoxy) is 2. The standard InChI is InChI=1S/C27H28O5/c1-4-25(28)31-23-10-6-19(7-11-23)16-21-14-18(3)15-22(27(21)30)17-20-8-12-24(13-9-20)32-26(29)5-2/h6-13,16-18H,4-5,14-15H2,1-3H3/b21-16+,22-17+. The van der Waals surface area contributed by atoms with E-state index in [1.807, 2.05) is 36.4 Å². The number of hydrogen-bond acceptors (Lipinski definition) is 5. The van der Waals surface area contributed by atoms with Crippen LogP contribution >= 0.6 is 0 Å². The van der Waals surface area contributed by atoms with Crippen molar-refractivity contribution in [3.05, 3.63) is 70.8 Å². The summed E-state index contributed by atoms with van der Waals surface area (Å²) in [5.74, 6) is 0.829. The van der Waals surface area contributed by atoms with E-state index in [0.29, 0.717) is 43.1 Å². The highest BCUT2D eigenvalue weighted by Gasteiger charge is 2.25. The number of ketones is 1. The second-order valence-electron chi connectivity index (χ2n) is 7.98. The number of esters is 2. The predicted octanol–water partition coefficient (Wildman–Crippen LogP) is 5.78. The molecule has 1 aliphatic rings. The van der Waals surface area contributed by atoms with Gasteiger partial charge in [-0.1, -0.05) is 45.0 Å². The molecule has 0 saturated heterocycles. The average Bonchev–Trinajstić information content (AvgIpc) is 2.79. The zero-order chi connectivity index (χ0) is 23.1. The molecule has 0 heterocycles. The zero-order valence-electron chi connectivity index (χ0n) is 18.7. The molecule has 0 spiro atoms. The van der Waals surface area contributed by atoms with Crippen molar-refractivity contribution in [1.82, 2.24) is 0 Å². The fraction of sp³-hybridized carbons (Fsp3) is 0.296. The monoisotopic (exact) mass is 432 g/mol. The molecule has 1 saturated carbocycles. The van der Waals surface area contributed by atoms with Crippen molar-refractivity contribution in [2.45, 2.75) is 46.5 Å². The summed E-state index contributed by atoms with van der Waals surface area (Å²) < 4.78 is 10.4. The van der Waals surface area contributed by atoms with Crippen LogP contribution in [0.1, 0.15) is 57.6 Å². The van der Waals surface area contributed by atoms with Gasteiger partial charge in [-0.25, -0.2) is 0 Å². The minimum atomic E-state index is -0.279. The van der Waals surface area contributed by atoms with Crippen LogP contribution in [0.25, 0.3) is 12.2 Å². The molecule has 32 heavy (non-hydrogen) atoms. The van der Waals surface area contributed by atoms with Gasteiger partial charge >= 0.3 is 11.9 Å². The maximum atomic E-state index is 13.1. The van der Waals surface area contributed by atoms with Crippen LogP contribution in [0.5, 0.6) is 11.5 Å². The van der Waals surface area contributed by atoms with Crippen molar-refractivity contribution in [3.63, 3.8) is 0 Å². The minimum Gasteiger partial charge on any atom is -0.427 e. The molecule has 0 aromatic heterocycles. The summed E-state index contributed by atoms with van der Waals surface area (Å²) in [7, 11) is 0. The van der Waals surface area contributed by atoms with E-state index in [1.54, 1.807) is 38.1 Å². The Hall–Kier alpha value is -3.47. The quantitative estimate of drug-likeness (QED) is 0.329. The molecule has 1 fully saturated rings. The topological polar surface area (TPSA) is 69.7 Å². The van der Waals surface area contributed by atoms with E-state index in [9.17, 15) is 14.4 Å². The number of allylic oxidation sites excluding steroid dienone is 2. The summed E-state index contributed by atoms with van der Waals surface area (Å²) >= 11 is 0. The van der Waals surface area contributed by atoms with Gasteiger partial charge in [0.05, 0.1) is 0 Å². The average molecular weight is 433 g/mol. The van der Waals surface area contributed by atoms with Gasteiger partial charge in [-0.15, -0.1) is 0 Å². The Morgan fingerprint density at radius 1 is 0.781 bits per heavy atom. The summed E-state index contributed by atoms with van der Waals surface area (Å²) in [6.07, 6.45) is 5.89. The van der Waals surface area contributed by atoms with Gasteiger partial charge in [-0.2, -0.15) is 0 Å². The van der Waals surface area contributed by atoms with Crippen LogP contribution in [-0.4, -0.2) is 17.7 Å². The smallest absolute Gasteiger partial charge is 0.310 e. The fourth-order valence-corrected chi connectivity index (χ4v) is 3.54. The van der Waals surface area contributed by atoms with Crippen LogP contribution in [0, 0.1) is 5.92 Å². The lowest BCUT2D eigenvalue weighted by Crippen LogP contribution is -2.18. The number of carbonyl (C=O) groups excluding carboxylic acids is 3. The molecule has 2 aromatic carbocycles. The molecule has 3 rings (SSSR count). The van der Waals surface area contributed by atoms with Gasteiger partial charge in [-0.05, 0) is 66.3 Å². The van der Waals surface area contributed by atoms with Crippen molar-refractivity contribution < 1.29 is 23.9 Å². The maximum Gasteiger partial charge on any atom is 0.310 e. The van der Waals surface area contributed by atoms with Crippen LogP contribution in [0.15, 0.2) is 59.7 Å². The van der Waals surface area contributed by atoms with Crippen molar-refractivity contribution in [3.8, 4) is 11.5 Å². The van der Waals surface area contributed by atoms with Gasteiger partial charge in [-0.3, -0.25) is 14.4 Å². The van der Waals surface area contributed by atoms with E-state index < -0.39 is 0 Å². The van der Waals surface area contributed by atoms with Crippen LogP contribution in [-0.2, 0) is 14.4 Å². The molecule has 0 aliphatic heterocycles. The van der Waals surface area contributed by atoms with Gasteiger partial charge < -0.3 is 9.47 Å². The third-order valence-electron chi connectivity index (χ3n) is 5.20. The van der Waals surface area contributed by atoms with Gasteiger partial charge in [0.2, 0.25) is 0 Å². The SMILES string of the molecule is CCC(=O)Oc1ccc(/C=C2\CC(C)C/C(=C\c3ccc(OC(=O)CC)cc3)C2=O)cc1. The Morgan fingerprint density at radius 3 is 1.50 bits per heavy atom. The van der Waals surface area contributed by atoms with E-state index in [4.69, 9.17) is 9.47 Å². The van der Waals surface area contributed by atoms with Gasteiger partial charge in [0, 0.05) is 24.0 Å². The predicted molar refractivity (Wildman–Crippen MR) is 124 cm³/mol. The third kappa shape index (κ3) is 6.27. The summed E-state index contributed by atoms with van der Waals surface area (Å²) in [5.41, 5.74) is 3.31. The van der Waals surface area contributed by atoms with E-state index in [1.165, 1.54) is 0 Å². The zero-order valence-corrected chi connectivity index (χ0v) is 18.7. The number of hydrogen-bond donors (Lipinski definition) is 0. The van der Waals surface area contributed by atoms with E-state index in [2.05, 4.69) is 6.92 Å². The second kappa shape index (κ2) is 10.7. The highest BCUT2D eigenvalue weighted by atomic mass is 16.5. The molecule has 166 valence electrons. The Balaban J connectivity index is 1.76. The summed E-state index contributed by atoms with van der Waals surface area (Å²) in [6.45, 7) is 5.63. The Labute approximate surface area is 188 Å². The summed E-state index contributed by atoms with van der Waals surface area (Å²) in [6, 6.07) is 14.3. The van der Waals surface area contributed by atoms with E-state index in [0.717, 1.165) is 22.3 Å². The van der Waals surface area contributed by atoms with Crippen molar-refractivity contribution >= 4 is 29.9 Å². The van der Waals surface area contributed by atoms with Crippen molar-refractivity contribution in [2.24, 2.45) is 5.92 Å². The lowest BCUT2D eigenvalue weighted by Gasteiger charge is -2.22. The first kappa shape index (κ1) is 23.2. The molecule has 0 radical (unpaired) electrons. The number of Topliss-reactive ketones (excluding diaryl/α,β-unsaturated/α-hetero) is 1. The summed E-state index contributed by atoms with van der Waals surface area (Å²) in [4.78, 5) is 35.9. The largest absolute Gasteiger partial charge is 0.427 e. The highest BCUT2D eigenvalue weighted by Crippen LogP contribution is 2.32. The first-order valence-electron chi connectivity index (χ1n) is 10.9. The fourth-order valence-electron chi connectivity index (χ4n) is 3.54. The highest BCUT2D eigenvalue weighted by molar-refractivity contribution is 6.14. The molecular formula is C27H28O5. The number of rotatable bonds is 6. The van der Waals surface area contributed by atoms with Crippen LogP contribution < -0.4 is 9.47 Å². The molecule has 2 aromatic rings. The van der Waals surface area contributed by atoms with E-state index >= 15 is 0 Å². The van der Waals surface area contributed by atoms with Gasteiger partial charge in [0.15, 0.2) is 5.78 Å². The maximum absolute atomic E-state index is 13.1. The minimum absolute atomic E-state index is 0.0473. The lowest BCUT2D eigenvalue weighted by molar-refractivity contribution is -0.134. The van der Waals surface area contributed by atoms with Gasteiger partial charge in [0.1, 0.15) is 11.5 Å². The molecule has 5 heteroatoms. The first-order valence-corrected chi connectivity index (χ1v) is 10.9. The lowest BCUT2D eigenvalue weighted by atomic mass is 9.81. The van der Waals surface area contributed by atoms with Crippen LogP contribution in [0.4, 0.5) is 0 Å². The Bertz CT molecular complexity index is 959. The van der Waals surface area contributed by atoms with Crippen LogP contribution in [0.2, 0.25) is 0 Å². The molecule has 0 amide bonds. The van der Waals surface area contributed by atoms with Gasteiger partial charge in [0.25, 0.3) is 0 Å². The summed E-state index contributed by atoms with van der Waals surface area (Å²) in [5, 5.41) is 0. The normalized spacial score (nSPS) is 18.6. The third-order valence-corrected chi connectivity index (χ3v) is 5.20. The van der Waals surface area contributed by atoms with Crippen molar-refractivity contribution in [1.29, 1.82) is 0 Å². The number of benzene rings is 2. The first-order chi connectivity index (χ1) is 15.4. The van der Waals surface area contributed by atoms with Crippen molar-refractivity contribution in [2.75, 3.05) is 0 Å². The van der Waals surface area contributed by atoms with E-state index in [-0.39, 0.29) is 17.7 Å².